The molecule has 0 fully saturated rings. The zero-order chi connectivity index (χ0) is 13.7. The lowest BCUT2D eigenvalue weighted by molar-refractivity contribution is 0.727. The highest BCUT2D eigenvalue weighted by molar-refractivity contribution is 9.09. The maximum atomic E-state index is 3.79. The Morgan fingerprint density at radius 2 is 1.74 bits per heavy atom. The van der Waals surface area contributed by atoms with Gasteiger partial charge in [-0.05, 0) is 49.8 Å². The summed E-state index contributed by atoms with van der Waals surface area (Å²) >= 11 is 3.79. The average molecular weight is 317 g/mol. The minimum absolute atomic E-state index is 0.471. The molecule has 0 spiro atoms. The number of hydrogen-bond donors (Lipinski definition) is 0. The Bertz CT molecular complexity index is 516. The summed E-state index contributed by atoms with van der Waals surface area (Å²) in [4.78, 5) is 0.471. The molecule has 0 aliphatic heterocycles. The van der Waals surface area contributed by atoms with Crippen molar-refractivity contribution in [3.8, 4) is 0 Å². The maximum absolute atomic E-state index is 3.79. The molecule has 0 aromatic heterocycles. The van der Waals surface area contributed by atoms with Crippen molar-refractivity contribution < 1.29 is 0 Å². The molecule has 1 unspecified atom stereocenters. The zero-order valence-electron chi connectivity index (χ0n) is 11.7. The lowest BCUT2D eigenvalue weighted by Gasteiger charge is -2.11. The number of alkyl halides is 1. The molecule has 0 radical (unpaired) electrons. The van der Waals surface area contributed by atoms with Crippen LogP contribution < -0.4 is 0 Å². The van der Waals surface area contributed by atoms with E-state index in [0.717, 1.165) is 0 Å². The van der Waals surface area contributed by atoms with E-state index in [1.54, 1.807) is 0 Å². The molecule has 1 atom stereocenters. The van der Waals surface area contributed by atoms with Crippen LogP contribution in [0, 0.1) is 13.8 Å². The molecule has 2 rings (SSSR count). The molecule has 0 aliphatic rings. The van der Waals surface area contributed by atoms with Gasteiger partial charge in [-0.3, -0.25) is 0 Å². The second-order valence-corrected chi connectivity index (χ2v) is 6.31. The van der Waals surface area contributed by atoms with E-state index in [2.05, 4.69) is 78.3 Å². The summed E-state index contributed by atoms with van der Waals surface area (Å²) in [6.45, 7) is 4.37. The van der Waals surface area contributed by atoms with Gasteiger partial charge in [0.15, 0.2) is 0 Å². The van der Waals surface area contributed by atoms with Gasteiger partial charge in [-0.1, -0.05) is 70.0 Å². The molecular weight excluding hydrogens is 296 g/mol. The fourth-order valence-electron chi connectivity index (χ4n) is 2.37. The quantitative estimate of drug-likeness (QED) is 0.615. The van der Waals surface area contributed by atoms with Crippen LogP contribution in [0.15, 0.2) is 48.5 Å². The lowest BCUT2D eigenvalue weighted by atomic mass is 9.99. The van der Waals surface area contributed by atoms with Gasteiger partial charge in [0, 0.05) is 4.83 Å². The normalized spacial score (nSPS) is 12.4. The molecule has 0 saturated carbocycles. The molecule has 0 saturated heterocycles. The topological polar surface area (TPSA) is 0 Å². The first-order valence-electron chi connectivity index (χ1n) is 6.92. The molecule has 2 aromatic carbocycles. The second kappa shape index (κ2) is 6.91. The Morgan fingerprint density at radius 3 is 2.47 bits per heavy atom. The third-order valence-electron chi connectivity index (χ3n) is 3.57. The van der Waals surface area contributed by atoms with Crippen LogP contribution in [0.5, 0.6) is 0 Å². The number of benzene rings is 2. The van der Waals surface area contributed by atoms with Crippen LogP contribution in [0.2, 0.25) is 0 Å². The minimum Gasteiger partial charge on any atom is -0.0839 e. The Kier molecular flexibility index (Phi) is 5.21. The molecule has 0 amide bonds. The molecule has 0 N–H and O–H groups in total. The molecule has 0 bridgehead atoms. The summed E-state index contributed by atoms with van der Waals surface area (Å²) in [7, 11) is 0. The van der Waals surface area contributed by atoms with Crippen molar-refractivity contribution in [3.05, 3.63) is 70.8 Å². The van der Waals surface area contributed by atoms with Crippen LogP contribution in [0.25, 0.3) is 0 Å². The summed E-state index contributed by atoms with van der Waals surface area (Å²) in [5.74, 6) is 0. The van der Waals surface area contributed by atoms with Gasteiger partial charge >= 0.3 is 0 Å². The summed E-state index contributed by atoms with van der Waals surface area (Å²) in [5, 5.41) is 0. The summed E-state index contributed by atoms with van der Waals surface area (Å²) in [5.41, 5.74) is 5.65. The first-order chi connectivity index (χ1) is 9.16. The van der Waals surface area contributed by atoms with Crippen molar-refractivity contribution in [2.45, 2.75) is 37.9 Å². The van der Waals surface area contributed by atoms with E-state index in [-0.39, 0.29) is 0 Å². The smallest absolute Gasteiger partial charge is 0.0395 e. The Balaban J connectivity index is 1.88. The zero-order valence-corrected chi connectivity index (χ0v) is 13.3. The second-order valence-electron chi connectivity index (χ2n) is 5.20. The third kappa shape index (κ3) is 4.21. The van der Waals surface area contributed by atoms with Gasteiger partial charge in [0.1, 0.15) is 0 Å². The van der Waals surface area contributed by atoms with Crippen molar-refractivity contribution in [1.82, 2.24) is 0 Å². The monoisotopic (exact) mass is 316 g/mol. The van der Waals surface area contributed by atoms with E-state index in [9.17, 15) is 0 Å². The van der Waals surface area contributed by atoms with Crippen LogP contribution >= 0.6 is 15.9 Å². The van der Waals surface area contributed by atoms with Crippen molar-refractivity contribution in [3.63, 3.8) is 0 Å². The van der Waals surface area contributed by atoms with Crippen LogP contribution in [-0.2, 0) is 6.42 Å². The minimum atomic E-state index is 0.471. The molecule has 2 aromatic rings. The van der Waals surface area contributed by atoms with Crippen LogP contribution in [0.1, 0.15) is 39.9 Å². The van der Waals surface area contributed by atoms with Gasteiger partial charge in [0.25, 0.3) is 0 Å². The summed E-state index contributed by atoms with van der Waals surface area (Å²) in [6, 6.07) is 17.4. The van der Waals surface area contributed by atoms with Crippen LogP contribution in [0.3, 0.4) is 0 Å². The molecule has 0 nitrogen and oxygen atoms in total. The standard InChI is InChI=1S/C18H21Br/c1-14-11-12-15(2)17(13-14)9-6-10-18(19)16-7-4-3-5-8-16/h3-5,7-8,11-13,18H,6,9-10H2,1-2H3. The molecule has 100 valence electrons. The van der Waals surface area contributed by atoms with E-state index >= 15 is 0 Å². The Hall–Kier alpha value is -1.08. The Labute approximate surface area is 125 Å². The predicted molar refractivity (Wildman–Crippen MR) is 87.0 cm³/mol. The fourth-order valence-corrected chi connectivity index (χ4v) is 3.00. The van der Waals surface area contributed by atoms with Gasteiger partial charge in [-0.15, -0.1) is 0 Å². The Morgan fingerprint density at radius 1 is 1.00 bits per heavy atom. The molecule has 19 heavy (non-hydrogen) atoms. The van der Waals surface area contributed by atoms with Gasteiger partial charge in [0.2, 0.25) is 0 Å². The van der Waals surface area contributed by atoms with Crippen molar-refractivity contribution in [2.24, 2.45) is 0 Å². The van der Waals surface area contributed by atoms with Crippen molar-refractivity contribution in [1.29, 1.82) is 0 Å². The number of aryl methyl sites for hydroxylation is 3. The first kappa shape index (κ1) is 14.3. The van der Waals surface area contributed by atoms with Gasteiger partial charge < -0.3 is 0 Å². The van der Waals surface area contributed by atoms with E-state index in [1.165, 1.54) is 41.5 Å². The highest BCUT2D eigenvalue weighted by atomic mass is 79.9. The van der Waals surface area contributed by atoms with Crippen molar-refractivity contribution >= 4 is 15.9 Å². The molecular formula is C18H21Br. The summed E-state index contributed by atoms with van der Waals surface area (Å²) in [6.07, 6.45) is 3.56. The highest BCUT2D eigenvalue weighted by Gasteiger charge is 2.07. The first-order valence-corrected chi connectivity index (χ1v) is 7.83. The van der Waals surface area contributed by atoms with Gasteiger partial charge in [0.05, 0.1) is 0 Å². The predicted octanol–water partition coefficient (Wildman–Crippen LogP) is 5.76. The average Bonchev–Trinajstić information content (AvgIpc) is 2.43. The van der Waals surface area contributed by atoms with E-state index in [1.807, 2.05) is 0 Å². The van der Waals surface area contributed by atoms with Gasteiger partial charge in [-0.2, -0.15) is 0 Å². The number of halogens is 1. The third-order valence-corrected chi connectivity index (χ3v) is 4.56. The van der Waals surface area contributed by atoms with E-state index < -0.39 is 0 Å². The molecule has 1 heteroatoms. The van der Waals surface area contributed by atoms with Crippen LogP contribution in [0.4, 0.5) is 0 Å². The summed E-state index contributed by atoms with van der Waals surface area (Å²) < 4.78 is 0. The van der Waals surface area contributed by atoms with Gasteiger partial charge in [-0.25, -0.2) is 0 Å². The fraction of sp³-hybridized carbons (Fsp3) is 0.333. The molecule has 0 heterocycles. The number of rotatable bonds is 5. The maximum Gasteiger partial charge on any atom is 0.0395 e. The van der Waals surface area contributed by atoms with E-state index in [4.69, 9.17) is 0 Å². The van der Waals surface area contributed by atoms with Crippen LogP contribution in [-0.4, -0.2) is 0 Å². The molecule has 0 aliphatic carbocycles. The SMILES string of the molecule is Cc1ccc(C)c(CCCC(Br)c2ccccc2)c1. The number of hydrogen-bond acceptors (Lipinski definition) is 0. The lowest BCUT2D eigenvalue weighted by Crippen LogP contribution is -1.94. The van der Waals surface area contributed by atoms with Crippen molar-refractivity contribution in [2.75, 3.05) is 0 Å². The highest BCUT2D eigenvalue weighted by Crippen LogP contribution is 2.28. The largest absolute Gasteiger partial charge is 0.0839 e. The van der Waals surface area contributed by atoms with E-state index in [0.29, 0.717) is 4.83 Å².